The molecular weight excluding hydrogens is 414 g/mol. The maximum Gasteiger partial charge on any atom is 0.407 e. The number of amides is 1. The molecule has 0 bridgehead atoms. The molecule has 1 aromatic carbocycles. The van der Waals surface area contributed by atoms with Gasteiger partial charge in [-0.25, -0.2) is 4.79 Å². The summed E-state index contributed by atoms with van der Waals surface area (Å²) < 4.78 is 14.6. The lowest BCUT2D eigenvalue weighted by molar-refractivity contribution is 0.139. The Morgan fingerprint density at radius 2 is 2.33 bits per heavy atom. The van der Waals surface area contributed by atoms with Crippen molar-refractivity contribution in [3.05, 3.63) is 45.7 Å². The molecule has 144 valence electrons. The minimum atomic E-state index is -0.874. The number of carboxylic acid groups (broad SMARTS) is 1. The molecule has 0 radical (unpaired) electrons. The Morgan fingerprint density at radius 3 is 3.11 bits per heavy atom. The van der Waals surface area contributed by atoms with E-state index in [9.17, 15) is 9.90 Å². The molecule has 0 saturated carbocycles. The third-order valence-corrected chi connectivity index (χ3v) is 5.85. The van der Waals surface area contributed by atoms with E-state index >= 15 is 0 Å². The summed E-state index contributed by atoms with van der Waals surface area (Å²) in [5.74, 6) is 0.851. The number of halogens is 1. The maximum atomic E-state index is 11.2. The van der Waals surface area contributed by atoms with Crippen LogP contribution in [-0.2, 0) is 24.1 Å². The van der Waals surface area contributed by atoms with Crippen LogP contribution in [0.25, 0.3) is 0 Å². The van der Waals surface area contributed by atoms with E-state index in [1.54, 1.807) is 0 Å². The smallest absolute Gasteiger partial charge is 0.407 e. The summed E-state index contributed by atoms with van der Waals surface area (Å²) in [7, 11) is 0. The van der Waals surface area contributed by atoms with Crippen molar-refractivity contribution in [3.63, 3.8) is 0 Å². The summed E-state index contributed by atoms with van der Waals surface area (Å²) in [5.41, 5.74) is 3.26. The predicted molar refractivity (Wildman–Crippen MR) is 102 cm³/mol. The summed E-state index contributed by atoms with van der Waals surface area (Å²) in [6.07, 6.45) is 3.36. The number of benzene rings is 1. The van der Waals surface area contributed by atoms with Crippen LogP contribution < -0.4 is 4.74 Å². The summed E-state index contributed by atoms with van der Waals surface area (Å²) in [6, 6.07) is 6.16. The lowest BCUT2D eigenvalue weighted by Crippen LogP contribution is -2.34. The molecule has 2 aromatic rings. The fourth-order valence-corrected chi connectivity index (χ4v) is 4.23. The van der Waals surface area contributed by atoms with Crippen molar-refractivity contribution in [1.82, 2.24) is 14.7 Å². The van der Waals surface area contributed by atoms with E-state index in [0.717, 1.165) is 46.5 Å². The predicted octanol–water partition coefficient (Wildman–Crippen LogP) is 3.26. The van der Waals surface area contributed by atoms with Gasteiger partial charge in [-0.3, -0.25) is 4.68 Å². The largest absolute Gasteiger partial charge is 0.493 e. The second-order valence-corrected chi connectivity index (χ2v) is 7.70. The molecule has 0 spiro atoms. The minimum Gasteiger partial charge on any atom is -0.493 e. The number of nitrogens with zero attached hydrogens (tertiary/aromatic N) is 3. The van der Waals surface area contributed by atoms with Gasteiger partial charge in [-0.05, 0) is 40.4 Å². The first-order valence-electron chi connectivity index (χ1n) is 9.14. The van der Waals surface area contributed by atoms with E-state index in [0.29, 0.717) is 32.7 Å². The van der Waals surface area contributed by atoms with Crippen molar-refractivity contribution in [2.24, 2.45) is 0 Å². The Morgan fingerprint density at radius 1 is 1.44 bits per heavy atom. The molecule has 1 unspecified atom stereocenters. The molecule has 1 aromatic heterocycles. The van der Waals surface area contributed by atoms with Crippen molar-refractivity contribution in [3.8, 4) is 5.75 Å². The summed E-state index contributed by atoms with van der Waals surface area (Å²) in [5, 5.41) is 13.7. The zero-order valence-corrected chi connectivity index (χ0v) is 16.5. The molecule has 3 heterocycles. The number of fused-ring (bicyclic) bond motifs is 1. The monoisotopic (exact) mass is 435 g/mol. The molecule has 7 nitrogen and oxygen atoms in total. The van der Waals surface area contributed by atoms with Crippen LogP contribution in [0.4, 0.5) is 4.79 Å². The number of hydrogen-bond acceptors (Lipinski definition) is 4. The van der Waals surface area contributed by atoms with Crippen LogP contribution >= 0.6 is 15.9 Å². The summed E-state index contributed by atoms with van der Waals surface area (Å²) in [6.45, 7) is 2.94. The van der Waals surface area contributed by atoms with Crippen molar-refractivity contribution >= 4 is 22.0 Å². The second kappa shape index (κ2) is 7.90. The van der Waals surface area contributed by atoms with Gasteiger partial charge in [-0.2, -0.15) is 5.10 Å². The van der Waals surface area contributed by atoms with E-state index < -0.39 is 6.09 Å². The standard InChI is InChI=1S/C19H22BrN3O4/c20-16-10-21-23(14-5-8-26-12-14)17(16)6-9-27-18-3-1-2-13-11-22(19(24)25)7-4-15(13)18/h1-3,10,14H,4-9,11-12H2,(H,24,25). The molecule has 2 aliphatic rings. The Kier molecular flexibility index (Phi) is 5.36. The molecule has 1 N–H and O–H groups in total. The third-order valence-electron chi connectivity index (χ3n) is 5.19. The Hall–Kier alpha value is -2.06. The quantitative estimate of drug-likeness (QED) is 0.779. The molecular formula is C19H22BrN3O4. The maximum absolute atomic E-state index is 11.2. The van der Waals surface area contributed by atoms with Crippen molar-refractivity contribution in [2.75, 3.05) is 26.4 Å². The van der Waals surface area contributed by atoms with E-state index in [-0.39, 0.29) is 6.04 Å². The average molecular weight is 436 g/mol. The molecule has 1 amide bonds. The van der Waals surface area contributed by atoms with Crippen molar-refractivity contribution in [1.29, 1.82) is 0 Å². The number of carbonyl (C=O) groups is 1. The van der Waals surface area contributed by atoms with Gasteiger partial charge in [0.2, 0.25) is 0 Å². The van der Waals surface area contributed by atoms with Gasteiger partial charge in [0, 0.05) is 31.7 Å². The molecule has 1 saturated heterocycles. The van der Waals surface area contributed by atoms with Crippen LogP contribution in [-0.4, -0.2) is 52.2 Å². The van der Waals surface area contributed by atoms with Gasteiger partial charge in [0.1, 0.15) is 5.75 Å². The van der Waals surface area contributed by atoms with Crippen LogP contribution in [0.2, 0.25) is 0 Å². The Balaban J connectivity index is 1.43. The van der Waals surface area contributed by atoms with Crippen LogP contribution in [0.3, 0.4) is 0 Å². The summed E-state index contributed by atoms with van der Waals surface area (Å²) in [4.78, 5) is 12.6. The van der Waals surface area contributed by atoms with Crippen molar-refractivity contribution < 1.29 is 19.4 Å². The number of ether oxygens (including phenoxy) is 2. The van der Waals surface area contributed by atoms with Crippen LogP contribution in [0.15, 0.2) is 28.9 Å². The van der Waals surface area contributed by atoms with Crippen molar-refractivity contribution in [2.45, 2.75) is 31.8 Å². The van der Waals surface area contributed by atoms with Crippen LogP contribution in [0.5, 0.6) is 5.75 Å². The van der Waals surface area contributed by atoms with Gasteiger partial charge in [0.05, 0.1) is 35.6 Å². The lowest BCUT2D eigenvalue weighted by Gasteiger charge is -2.27. The zero-order valence-electron chi connectivity index (χ0n) is 14.9. The van der Waals surface area contributed by atoms with Gasteiger partial charge in [-0.1, -0.05) is 12.1 Å². The highest BCUT2D eigenvalue weighted by Crippen LogP contribution is 2.29. The lowest BCUT2D eigenvalue weighted by atomic mass is 9.99. The first kappa shape index (κ1) is 18.3. The van der Waals surface area contributed by atoms with E-state index in [4.69, 9.17) is 9.47 Å². The highest BCUT2D eigenvalue weighted by atomic mass is 79.9. The van der Waals surface area contributed by atoms with Gasteiger partial charge >= 0.3 is 6.09 Å². The molecule has 4 rings (SSSR count). The first-order chi connectivity index (χ1) is 13.1. The normalized spacial score (nSPS) is 19.1. The van der Waals surface area contributed by atoms with Crippen LogP contribution in [0, 0.1) is 0 Å². The van der Waals surface area contributed by atoms with Crippen LogP contribution in [0.1, 0.15) is 29.3 Å². The molecule has 1 atom stereocenters. The topological polar surface area (TPSA) is 76.8 Å². The molecule has 0 aliphatic carbocycles. The minimum absolute atomic E-state index is 0.290. The highest BCUT2D eigenvalue weighted by molar-refractivity contribution is 9.10. The van der Waals surface area contributed by atoms with Gasteiger partial charge in [0.25, 0.3) is 0 Å². The fraction of sp³-hybridized carbons (Fsp3) is 0.474. The van der Waals surface area contributed by atoms with E-state index in [1.165, 1.54) is 4.90 Å². The van der Waals surface area contributed by atoms with Gasteiger partial charge in [-0.15, -0.1) is 0 Å². The number of hydrogen-bond donors (Lipinski definition) is 1. The first-order valence-corrected chi connectivity index (χ1v) is 9.94. The number of aromatic nitrogens is 2. The second-order valence-electron chi connectivity index (χ2n) is 6.85. The summed E-state index contributed by atoms with van der Waals surface area (Å²) >= 11 is 3.59. The van der Waals surface area contributed by atoms with E-state index in [1.807, 2.05) is 29.1 Å². The SMILES string of the molecule is O=C(O)N1CCc2c(cccc2OCCc2c(Br)cnn2C2CCOC2)C1. The third kappa shape index (κ3) is 3.82. The zero-order chi connectivity index (χ0) is 18.8. The van der Waals surface area contributed by atoms with Gasteiger partial charge in [0.15, 0.2) is 0 Å². The molecule has 27 heavy (non-hydrogen) atoms. The highest BCUT2D eigenvalue weighted by Gasteiger charge is 2.24. The number of rotatable bonds is 5. The fourth-order valence-electron chi connectivity index (χ4n) is 3.76. The Bertz CT molecular complexity index is 832. The molecule has 8 heteroatoms. The molecule has 2 aliphatic heterocycles. The molecule has 1 fully saturated rings. The average Bonchev–Trinajstić information content (AvgIpc) is 3.31. The van der Waals surface area contributed by atoms with Gasteiger partial charge < -0.3 is 19.5 Å². The Labute approximate surface area is 166 Å². The van der Waals surface area contributed by atoms with E-state index in [2.05, 4.69) is 21.0 Å².